The fourth-order valence-electron chi connectivity index (χ4n) is 5.39. The summed E-state index contributed by atoms with van der Waals surface area (Å²) in [6, 6.07) is 31.0. The average Bonchev–Trinajstić information content (AvgIpc) is 3.04. The van der Waals surface area contributed by atoms with Gasteiger partial charge in [0.2, 0.25) is 0 Å². The van der Waals surface area contributed by atoms with Crippen LogP contribution >= 0.6 is 0 Å². The van der Waals surface area contributed by atoms with Gasteiger partial charge in [-0.05, 0) is 104 Å². The topological polar surface area (TPSA) is 71.1 Å². The highest BCUT2D eigenvalue weighted by Gasteiger charge is 2.42. The van der Waals surface area contributed by atoms with E-state index in [1.165, 1.54) is 5.56 Å². The van der Waals surface area contributed by atoms with E-state index in [0.717, 1.165) is 22.4 Å². The molecule has 0 spiro atoms. The summed E-state index contributed by atoms with van der Waals surface area (Å²) in [5.74, 6) is 2.20. The van der Waals surface area contributed by atoms with Crippen LogP contribution in [0.2, 0.25) is 0 Å². The number of esters is 1. The molecule has 0 heterocycles. The molecular formula is C39H44O6. The highest BCUT2D eigenvalue weighted by Crippen LogP contribution is 2.36. The van der Waals surface area contributed by atoms with Gasteiger partial charge in [-0.1, -0.05) is 76.2 Å². The molecule has 0 aliphatic rings. The minimum atomic E-state index is -0.862. The third-order valence-electron chi connectivity index (χ3n) is 8.52. The first-order valence-corrected chi connectivity index (χ1v) is 15.6. The Kier molecular flexibility index (Phi) is 10.7. The summed E-state index contributed by atoms with van der Waals surface area (Å²) in [5, 5.41) is 0. The van der Waals surface area contributed by atoms with Crippen molar-refractivity contribution in [2.75, 3.05) is 0 Å². The molecule has 0 saturated heterocycles. The molecule has 0 N–H and O–H groups in total. The third kappa shape index (κ3) is 7.93. The Morgan fingerprint density at radius 1 is 0.667 bits per heavy atom. The molecule has 2 unspecified atom stereocenters. The van der Waals surface area contributed by atoms with E-state index in [1.54, 1.807) is 12.1 Å². The van der Waals surface area contributed by atoms with Gasteiger partial charge in [0.15, 0.2) is 0 Å². The summed E-state index contributed by atoms with van der Waals surface area (Å²) in [5.41, 5.74) is 3.15. The molecule has 0 fully saturated rings. The maximum Gasteiger partial charge on any atom is 0.320 e. The minimum absolute atomic E-state index is 0.127. The number of hydrogen-bond acceptors (Lipinski definition) is 6. The van der Waals surface area contributed by atoms with Crippen LogP contribution in [0.15, 0.2) is 97.1 Å². The zero-order chi connectivity index (χ0) is 32.6. The van der Waals surface area contributed by atoms with Crippen molar-refractivity contribution in [1.29, 1.82) is 0 Å². The van der Waals surface area contributed by atoms with Gasteiger partial charge >= 0.3 is 5.97 Å². The molecule has 6 nitrogen and oxygen atoms in total. The maximum absolute atomic E-state index is 13.6. The van der Waals surface area contributed by atoms with Gasteiger partial charge in [0.05, 0.1) is 6.10 Å². The number of ether oxygens (including phenoxy) is 4. The summed E-state index contributed by atoms with van der Waals surface area (Å²) in [4.78, 5) is 24.2. The molecule has 236 valence electrons. The summed E-state index contributed by atoms with van der Waals surface area (Å²) in [6.07, 6.45) is 0.926. The molecule has 4 rings (SSSR count). The molecule has 4 aromatic rings. The van der Waals surface area contributed by atoms with E-state index in [4.69, 9.17) is 18.9 Å². The number of hydrogen-bond donors (Lipinski definition) is 0. The quantitative estimate of drug-likeness (QED) is 0.0808. The first-order chi connectivity index (χ1) is 21.5. The molecule has 0 aromatic heterocycles. The summed E-state index contributed by atoms with van der Waals surface area (Å²) in [7, 11) is 0. The van der Waals surface area contributed by atoms with E-state index in [0.29, 0.717) is 36.6 Å². The van der Waals surface area contributed by atoms with Crippen molar-refractivity contribution in [1.82, 2.24) is 0 Å². The van der Waals surface area contributed by atoms with Crippen LogP contribution in [0.5, 0.6) is 23.0 Å². The minimum Gasteiger partial charge on any atom is -0.491 e. The average molecular weight is 609 g/mol. The predicted octanol–water partition coefficient (Wildman–Crippen LogP) is 9.18. The fourth-order valence-corrected chi connectivity index (χ4v) is 5.39. The zero-order valence-electron chi connectivity index (χ0n) is 27.3. The summed E-state index contributed by atoms with van der Waals surface area (Å²) in [6.45, 7) is 14.7. The largest absolute Gasteiger partial charge is 0.491 e. The van der Waals surface area contributed by atoms with Crippen LogP contribution in [0.4, 0.5) is 0 Å². The zero-order valence-corrected chi connectivity index (χ0v) is 27.3. The van der Waals surface area contributed by atoms with Gasteiger partial charge in [-0.15, -0.1) is 0 Å². The Morgan fingerprint density at radius 3 is 1.56 bits per heavy atom. The number of carbonyl (C=O) groups is 2. The standard InChI is InChI=1S/C39H44O6/c1-8-36(44-34-20-12-29(13-21-34)28-10-18-32(19-11-28)42-26-40)39(7,9-2)37(41)45-35-24-16-31(17-25-35)38(5,6)30-14-22-33(23-15-30)43-27(3)4/h10-27,36H,8-9H2,1-7H3. The third-order valence-corrected chi connectivity index (χ3v) is 8.52. The highest BCUT2D eigenvalue weighted by molar-refractivity contribution is 5.79. The van der Waals surface area contributed by atoms with E-state index in [9.17, 15) is 9.59 Å². The van der Waals surface area contributed by atoms with Gasteiger partial charge < -0.3 is 18.9 Å². The molecular weight excluding hydrogens is 564 g/mol. The molecule has 45 heavy (non-hydrogen) atoms. The molecule has 0 radical (unpaired) electrons. The predicted molar refractivity (Wildman–Crippen MR) is 178 cm³/mol. The van der Waals surface area contributed by atoms with Crippen molar-refractivity contribution in [3.8, 4) is 34.1 Å². The monoisotopic (exact) mass is 608 g/mol. The molecule has 4 aromatic carbocycles. The van der Waals surface area contributed by atoms with Crippen LogP contribution in [0.1, 0.15) is 72.4 Å². The SMILES string of the molecule is CCC(Oc1ccc(-c2ccc(OC=O)cc2)cc1)C(C)(CC)C(=O)Oc1ccc(C(C)(C)c2ccc(OC(C)C)cc2)cc1. The Labute approximate surface area is 267 Å². The molecule has 0 amide bonds. The van der Waals surface area contributed by atoms with Crippen LogP contribution in [0, 0.1) is 5.41 Å². The molecule has 0 aliphatic carbocycles. The second-order valence-electron chi connectivity index (χ2n) is 12.3. The van der Waals surface area contributed by atoms with E-state index in [1.807, 2.05) is 107 Å². The van der Waals surface area contributed by atoms with Gasteiger partial charge in [-0.2, -0.15) is 0 Å². The van der Waals surface area contributed by atoms with Crippen molar-refractivity contribution < 1.29 is 28.5 Å². The van der Waals surface area contributed by atoms with Gasteiger partial charge in [-0.3, -0.25) is 9.59 Å². The van der Waals surface area contributed by atoms with Crippen molar-refractivity contribution in [3.63, 3.8) is 0 Å². The number of carbonyl (C=O) groups excluding carboxylic acids is 2. The summed E-state index contributed by atoms with van der Waals surface area (Å²) >= 11 is 0. The molecule has 0 aliphatic heterocycles. The van der Waals surface area contributed by atoms with Crippen molar-refractivity contribution in [3.05, 3.63) is 108 Å². The lowest BCUT2D eigenvalue weighted by atomic mass is 9.78. The Hall–Kier alpha value is -4.58. The van der Waals surface area contributed by atoms with E-state index >= 15 is 0 Å². The van der Waals surface area contributed by atoms with Crippen LogP contribution in [0.25, 0.3) is 11.1 Å². The van der Waals surface area contributed by atoms with Crippen LogP contribution < -0.4 is 18.9 Å². The lowest BCUT2D eigenvalue weighted by Gasteiger charge is -2.34. The molecule has 0 bridgehead atoms. The Morgan fingerprint density at radius 2 is 1.11 bits per heavy atom. The first-order valence-electron chi connectivity index (χ1n) is 15.6. The normalized spacial score (nSPS) is 13.4. The Balaban J connectivity index is 1.43. The fraction of sp³-hybridized carbons (Fsp3) is 0.333. The van der Waals surface area contributed by atoms with E-state index in [-0.39, 0.29) is 23.6 Å². The molecule has 2 atom stereocenters. The van der Waals surface area contributed by atoms with Gasteiger partial charge in [0.25, 0.3) is 6.47 Å². The number of rotatable bonds is 14. The van der Waals surface area contributed by atoms with Crippen molar-refractivity contribution >= 4 is 12.4 Å². The maximum atomic E-state index is 13.6. The van der Waals surface area contributed by atoms with Crippen molar-refractivity contribution in [2.24, 2.45) is 5.41 Å². The second-order valence-corrected chi connectivity index (χ2v) is 12.3. The van der Waals surface area contributed by atoms with Crippen molar-refractivity contribution in [2.45, 2.75) is 78.9 Å². The van der Waals surface area contributed by atoms with Gasteiger partial charge in [0.1, 0.15) is 34.5 Å². The lowest BCUT2D eigenvalue weighted by molar-refractivity contribution is -0.151. The van der Waals surface area contributed by atoms with Gasteiger partial charge in [0, 0.05) is 5.41 Å². The second kappa shape index (κ2) is 14.5. The van der Waals surface area contributed by atoms with E-state index in [2.05, 4.69) is 26.0 Å². The van der Waals surface area contributed by atoms with Gasteiger partial charge in [-0.25, -0.2) is 0 Å². The van der Waals surface area contributed by atoms with Crippen LogP contribution in [-0.4, -0.2) is 24.6 Å². The lowest BCUT2D eigenvalue weighted by Crippen LogP contribution is -2.45. The van der Waals surface area contributed by atoms with Crippen LogP contribution in [-0.2, 0) is 15.0 Å². The number of benzene rings is 4. The van der Waals surface area contributed by atoms with E-state index < -0.39 is 5.41 Å². The highest BCUT2D eigenvalue weighted by atomic mass is 16.5. The first kappa shape index (κ1) is 33.3. The molecule has 0 saturated carbocycles. The summed E-state index contributed by atoms with van der Waals surface area (Å²) < 4.78 is 23.0. The smallest absolute Gasteiger partial charge is 0.320 e. The molecule has 6 heteroatoms. The van der Waals surface area contributed by atoms with Crippen LogP contribution in [0.3, 0.4) is 0 Å². The Bertz CT molecular complexity index is 1540.